The van der Waals surface area contributed by atoms with Crippen molar-refractivity contribution in [1.29, 1.82) is 0 Å². The number of methoxy groups -OCH3 is 1. The van der Waals surface area contributed by atoms with Crippen molar-refractivity contribution in [2.45, 2.75) is 24.8 Å². The number of ether oxygens (including phenoxy) is 2. The van der Waals surface area contributed by atoms with Crippen molar-refractivity contribution in [1.82, 2.24) is 15.3 Å². The topological polar surface area (TPSA) is 140 Å². The molecular formula is C25H24N4O6. The van der Waals surface area contributed by atoms with E-state index in [4.69, 9.17) is 14.6 Å². The molecule has 35 heavy (non-hydrogen) atoms. The highest BCUT2D eigenvalue weighted by atomic mass is 16.5. The third-order valence-corrected chi connectivity index (χ3v) is 5.68. The van der Waals surface area contributed by atoms with Crippen LogP contribution in [0.5, 0.6) is 6.01 Å². The van der Waals surface area contributed by atoms with Crippen molar-refractivity contribution in [3.8, 4) is 17.1 Å². The number of amides is 2. The molecule has 3 aromatic rings. The Hall–Kier alpha value is -4.47. The molecule has 1 aliphatic carbocycles. The van der Waals surface area contributed by atoms with Gasteiger partial charge in [0.25, 0.3) is 0 Å². The molecule has 0 radical (unpaired) electrons. The molecule has 10 nitrogen and oxygen atoms in total. The van der Waals surface area contributed by atoms with Gasteiger partial charge >= 0.3 is 18.1 Å². The lowest BCUT2D eigenvalue weighted by atomic mass is 9.98. The number of anilines is 1. The lowest BCUT2D eigenvalue weighted by molar-refractivity contribution is -0.137. The molecule has 10 heteroatoms. The minimum Gasteiger partial charge on any atom is -0.481 e. The summed E-state index contributed by atoms with van der Waals surface area (Å²) in [6, 6.07) is 14.9. The Morgan fingerprint density at radius 3 is 2.17 bits per heavy atom. The smallest absolute Gasteiger partial charge is 0.407 e. The van der Waals surface area contributed by atoms with E-state index in [0.29, 0.717) is 0 Å². The third-order valence-electron chi connectivity index (χ3n) is 5.68. The highest BCUT2D eigenvalue weighted by Crippen LogP contribution is 2.44. The number of aromatic nitrogens is 2. The zero-order valence-electron chi connectivity index (χ0n) is 18.9. The summed E-state index contributed by atoms with van der Waals surface area (Å²) < 4.78 is 10.4. The summed E-state index contributed by atoms with van der Waals surface area (Å²) in [5, 5.41) is 14.1. The minimum atomic E-state index is -1.14. The maximum Gasteiger partial charge on any atom is 0.407 e. The van der Waals surface area contributed by atoms with Crippen LogP contribution in [0.4, 0.5) is 10.5 Å². The van der Waals surface area contributed by atoms with E-state index in [0.717, 1.165) is 22.3 Å². The lowest BCUT2D eigenvalue weighted by Gasteiger charge is -2.19. The SMILES string of the molecule is COc1ncc(NC(=O)C(CCC(=O)O)NC(=O)OCC2c3ccccc3-c3ccccc32)cn1. The summed E-state index contributed by atoms with van der Waals surface area (Å²) in [5.41, 5.74) is 4.57. The maximum absolute atomic E-state index is 12.7. The number of carbonyl (C=O) groups excluding carboxylic acids is 2. The molecule has 180 valence electrons. The number of benzene rings is 2. The summed E-state index contributed by atoms with van der Waals surface area (Å²) in [6.07, 6.45) is 1.42. The summed E-state index contributed by atoms with van der Waals surface area (Å²) in [4.78, 5) is 44.2. The Morgan fingerprint density at radius 1 is 1.00 bits per heavy atom. The van der Waals surface area contributed by atoms with Gasteiger partial charge in [-0.25, -0.2) is 14.8 Å². The molecule has 0 saturated heterocycles. The molecule has 0 spiro atoms. The van der Waals surface area contributed by atoms with Gasteiger partial charge in [-0.1, -0.05) is 48.5 Å². The van der Waals surface area contributed by atoms with Gasteiger partial charge in [0, 0.05) is 12.3 Å². The average Bonchev–Trinajstić information content (AvgIpc) is 3.19. The first-order valence-electron chi connectivity index (χ1n) is 11.0. The molecule has 0 saturated carbocycles. The van der Waals surface area contributed by atoms with Crippen molar-refractivity contribution in [2.24, 2.45) is 0 Å². The summed E-state index contributed by atoms with van der Waals surface area (Å²) in [6.45, 7) is 0.0689. The van der Waals surface area contributed by atoms with Gasteiger partial charge in [0.05, 0.1) is 25.2 Å². The van der Waals surface area contributed by atoms with E-state index >= 15 is 0 Å². The molecule has 3 N–H and O–H groups in total. The highest BCUT2D eigenvalue weighted by Gasteiger charge is 2.30. The largest absolute Gasteiger partial charge is 0.481 e. The van der Waals surface area contributed by atoms with Crippen molar-refractivity contribution in [3.05, 3.63) is 72.1 Å². The van der Waals surface area contributed by atoms with Gasteiger partial charge in [-0.2, -0.15) is 0 Å². The second-order valence-corrected chi connectivity index (χ2v) is 7.90. The van der Waals surface area contributed by atoms with Crippen LogP contribution in [-0.4, -0.2) is 52.8 Å². The first-order valence-corrected chi connectivity index (χ1v) is 11.0. The molecule has 1 unspecified atom stereocenters. The molecule has 1 atom stereocenters. The molecule has 0 fully saturated rings. The second-order valence-electron chi connectivity index (χ2n) is 7.90. The Balaban J connectivity index is 1.41. The van der Waals surface area contributed by atoms with Crippen LogP contribution in [0.25, 0.3) is 11.1 Å². The molecule has 2 aromatic carbocycles. The molecule has 1 heterocycles. The Labute approximate surface area is 201 Å². The number of carbonyl (C=O) groups is 3. The summed E-state index contributed by atoms with van der Waals surface area (Å²) in [5.74, 6) is -1.85. The van der Waals surface area contributed by atoms with Gasteiger partial charge in [0.15, 0.2) is 0 Å². The van der Waals surface area contributed by atoms with Crippen LogP contribution in [-0.2, 0) is 14.3 Å². The van der Waals surface area contributed by atoms with Crippen molar-refractivity contribution >= 4 is 23.7 Å². The van der Waals surface area contributed by atoms with Crippen LogP contribution in [0.2, 0.25) is 0 Å². The van der Waals surface area contributed by atoms with Crippen LogP contribution in [0, 0.1) is 0 Å². The normalized spacial score (nSPS) is 12.7. The molecule has 2 amide bonds. The van der Waals surface area contributed by atoms with Crippen LogP contribution in [0.3, 0.4) is 0 Å². The Bertz CT molecular complexity index is 1190. The number of rotatable bonds is 9. The monoisotopic (exact) mass is 476 g/mol. The van der Waals surface area contributed by atoms with E-state index in [2.05, 4.69) is 20.6 Å². The quantitative estimate of drug-likeness (QED) is 0.428. The second kappa shape index (κ2) is 10.6. The van der Waals surface area contributed by atoms with Crippen LogP contribution < -0.4 is 15.4 Å². The number of fused-ring (bicyclic) bond motifs is 3. The number of nitrogens with zero attached hydrogens (tertiary/aromatic N) is 2. The zero-order valence-corrected chi connectivity index (χ0v) is 18.9. The van der Waals surface area contributed by atoms with E-state index in [1.807, 2.05) is 48.5 Å². The molecular weight excluding hydrogens is 452 g/mol. The van der Waals surface area contributed by atoms with Crippen molar-refractivity contribution in [2.75, 3.05) is 19.0 Å². The Morgan fingerprint density at radius 2 is 1.60 bits per heavy atom. The standard InChI is InChI=1S/C25H24N4O6/c1-34-24-26-12-15(13-27-24)28-23(32)21(10-11-22(30)31)29-25(33)35-14-20-18-8-4-2-6-16(18)17-7-3-5-9-19(17)20/h2-9,12-13,20-21H,10-11,14H2,1H3,(H,28,32)(H,29,33)(H,30,31). The maximum atomic E-state index is 12.7. The first kappa shape index (κ1) is 23.7. The van der Waals surface area contributed by atoms with Crippen molar-refractivity contribution in [3.63, 3.8) is 0 Å². The van der Waals surface area contributed by atoms with E-state index < -0.39 is 24.0 Å². The van der Waals surface area contributed by atoms with E-state index in [1.165, 1.54) is 19.5 Å². The fourth-order valence-electron chi connectivity index (χ4n) is 4.03. The number of carboxylic acids is 1. The number of nitrogens with one attached hydrogen (secondary N) is 2. The van der Waals surface area contributed by atoms with Gasteiger partial charge in [0.2, 0.25) is 5.91 Å². The fourth-order valence-corrected chi connectivity index (χ4v) is 4.03. The van der Waals surface area contributed by atoms with Gasteiger partial charge in [-0.15, -0.1) is 0 Å². The number of carboxylic acid groups (broad SMARTS) is 1. The van der Waals surface area contributed by atoms with E-state index in [1.54, 1.807) is 0 Å². The van der Waals surface area contributed by atoms with Crippen molar-refractivity contribution < 1.29 is 29.0 Å². The molecule has 0 bridgehead atoms. The average molecular weight is 476 g/mol. The predicted octanol–water partition coefficient (Wildman–Crippen LogP) is 3.20. The number of hydrogen-bond acceptors (Lipinski definition) is 7. The van der Waals surface area contributed by atoms with Crippen LogP contribution in [0.15, 0.2) is 60.9 Å². The first-order chi connectivity index (χ1) is 17.0. The van der Waals surface area contributed by atoms with E-state index in [-0.39, 0.29) is 37.1 Å². The molecule has 1 aliphatic rings. The molecule has 0 aliphatic heterocycles. The van der Waals surface area contributed by atoms with Crippen LogP contribution in [0.1, 0.15) is 29.9 Å². The zero-order chi connectivity index (χ0) is 24.8. The molecule has 1 aromatic heterocycles. The third kappa shape index (κ3) is 5.55. The fraction of sp³-hybridized carbons (Fsp3) is 0.240. The summed E-state index contributed by atoms with van der Waals surface area (Å²) in [7, 11) is 1.41. The molecule has 4 rings (SSSR count). The highest BCUT2D eigenvalue weighted by molar-refractivity contribution is 5.96. The number of hydrogen-bond donors (Lipinski definition) is 3. The van der Waals surface area contributed by atoms with Gasteiger partial charge in [-0.05, 0) is 28.7 Å². The summed E-state index contributed by atoms with van der Waals surface area (Å²) >= 11 is 0. The Kier molecular flexibility index (Phi) is 7.20. The van der Waals surface area contributed by atoms with Gasteiger partial charge < -0.3 is 25.2 Å². The predicted molar refractivity (Wildman–Crippen MR) is 126 cm³/mol. The number of alkyl carbamates (subject to hydrolysis) is 1. The van der Waals surface area contributed by atoms with Gasteiger partial charge in [0.1, 0.15) is 12.6 Å². The lowest BCUT2D eigenvalue weighted by Crippen LogP contribution is -2.44. The minimum absolute atomic E-state index is 0.0689. The van der Waals surface area contributed by atoms with Gasteiger partial charge in [-0.3, -0.25) is 9.59 Å². The van der Waals surface area contributed by atoms with Crippen LogP contribution >= 0.6 is 0 Å². The number of aliphatic carboxylic acids is 1. The van der Waals surface area contributed by atoms with E-state index in [9.17, 15) is 14.4 Å².